The van der Waals surface area contributed by atoms with Gasteiger partial charge in [0.15, 0.2) is 0 Å². The monoisotopic (exact) mass is 294 g/mol. The quantitative estimate of drug-likeness (QED) is 0.931. The van der Waals surface area contributed by atoms with Crippen LogP contribution in [0.25, 0.3) is 0 Å². The van der Waals surface area contributed by atoms with Crippen LogP contribution in [0.3, 0.4) is 0 Å². The minimum Gasteiger partial charge on any atom is -0.351 e. The van der Waals surface area contributed by atoms with E-state index >= 15 is 0 Å². The molecule has 2 heterocycles. The highest BCUT2D eigenvalue weighted by atomic mass is 15.2. The maximum absolute atomic E-state index is 4.75. The Morgan fingerprint density at radius 1 is 1.05 bits per heavy atom. The summed E-state index contributed by atoms with van der Waals surface area (Å²) in [5, 5.41) is 3.52. The number of hydrogen-bond donors (Lipinski definition) is 1. The summed E-state index contributed by atoms with van der Waals surface area (Å²) < 4.78 is 0. The summed E-state index contributed by atoms with van der Waals surface area (Å²) in [6.45, 7) is 0.999. The summed E-state index contributed by atoms with van der Waals surface area (Å²) in [5.74, 6) is 1.77. The van der Waals surface area contributed by atoms with Crippen LogP contribution >= 0.6 is 0 Å². The molecule has 2 aromatic rings. The van der Waals surface area contributed by atoms with Crippen LogP contribution < -0.4 is 10.2 Å². The van der Waals surface area contributed by atoms with E-state index in [2.05, 4.69) is 39.5 Å². The molecule has 1 aliphatic carbocycles. The first-order valence-electron chi connectivity index (χ1n) is 8.35. The molecule has 114 valence electrons. The molecule has 0 radical (unpaired) electrons. The van der Waals surface area contributed by atoms with Crippen LogP contribution in [0.5, 0.6) is 0 Å². The maximum Gasteiger partial charge on any atom is 0.224 e. The van der Waals surface area contributed by atoms with Crippen molar-refractivity contribution in [1.29, 1.82) is 0 Å². The molecule has 0 atom stereocenters. The molecule has 4 nitrogen and oxygen atoms in total. The second-order valence-electron chi connectivity index (χ2n) is 6.25. The van der Waals surface area contributed by atoms with Crippen molar-refractivity contribution >= 4 is 17.5 Å². The van der Waals surface area contributed by atoms with Gasteiger partial charge in [-0.15, -0.1) is 0 Å². The predicted molar refractivity (Wildman–Crippen MR) is 89.7 cm³/mol. The highest BCUT2D eigenvalue weighted by Crippen LogP contribution is 2.33. The van der Waals surface area contributed by atoms with Crippen LogP contribution in [0.4, 0.5) is 17.5 Å². The standard InChI is InChI=1S/C18H22N4/c1-2-7-15(8-3-1)20-18-19-12-10-17(21-18)22-13-11-14-6-4-5-9-16(14)22/h4-6,9-10,12,15H,1-3,7-8,11,13H2,(H,19,20,21). The molecule has 0 amide bonds. The van der Waals surface area contributed by atoms with Gasteiger partial charge in [-0.1, -0.05) is 37.5 Å². The number of fused-ring (bicyclic) bond motifs is 1. The summed E-state index contributed by atoms with van der Waals surface area (Å²) in [6, 6.07) is 11.1. The number of rotatable bonds is 3. The lowest BCUT2D eigenvalue weighted by molar-refractivity contribution is 0.461. The van der Waals surface area contributed by atoms with Crippen molar-refractivity contribution in [2.24, 2.45) is 0 Å². The third kappa shape index (κ3) is 2.65. The molecule has 0 bridgehead atoms. The molecule has 0 saturated heterocycles. The van der Waals surface area contributed by atoms with Crippen molar-refractivity contribution in [3.63, 3.8) is 0 Å². The van der Waals surface area contributed by atoms with Gasteiger partial charge in [-0.25, -0.2) is 4.98 Å². The van der Waals surface area contributed by atoms with E-state index in [-0.39, 0.29) is 0 Å². The number of benzene rings is 1. The highest BCUT2D eigenvalue weighted by Gasteiger charge is 2.21. The Labute approximate surface area is 131 Å². The molecular formula is C18H22N4. The minimum absolute atomic E-state index is 0.537. The molecular weight excluding hydrogens is 272 g/mol. The van der Waals surface area contributed by atoms with Gasteiger partial charge in [-0.3, -0.25) is 0 Å². The van der Waals surface area contributed by atoms with Crippen molar-refractivity contribution < 1.29 is 0 Å². The first kappa shape index (κ1) is 13.6. The number of para-hydroxylation sites is 1. The van der Waals surface area contributed by atoms with E-state index < -0.39 is 0 Å². The van der Waals surface area contributed by atoms with Crippen molar-refractivity contribution in [3.05, 3.63) is 42.1 Å². The zero-order valence-corrected chi connectivity index (χ0v) is 12.8. The van der Waals surface area contributed by atoms with Gasteiger partial charge in [0, 0.05) is 24.5 Å². The maximum atomic E-state index is 4.75. The Morgan fingerprint density at radius 3 is 2.82 bits per heavy atom. The fourth-order valence-electron chi connectivity index (χ4n) is 3.57. The average Bonchev–Trinajstić information content (AvgIpc) is 3.00. The lowest BCUT2D eigenvalue weighted by Crippen LogP contribution is -2.24. The second-order valence-corrected chi connectivity index (χ2v) is 6.25. The Morgan fingerprint density at radius 2 is 1.91 bits per heavy atom. The van der Waals surface area contributed by atoms with E-state index in [1.54, 1.807) is 0 Å². The molecule has 1 fully saturated rings. The van der Waals surface area contributed by atoms with Gasteiger partial charge < -0.3 is 10.2 Å². The normalized spacial score (nSPS) is 18.3. The summed E-state index contributed by atoms with van der Waals surface area (Å²) in [6.07, 6.45) is 9.43. The number of aromatic nitrogens is 2. The van der Waals surface area contributed by atoms with Crippen molar-refractivity contribution in [2.45, 2.75) is 44.6 Å². The van der Waals surface area contributed by atoms with Gasteiger partial charge in [0.1, 0.15) is 5.82 Å². The SMILES string of the molecule is c1ccc2c(c1)CCN2c1ccnc(NC2CCCCC2)n1. The molecule has 2 aliphatic rings. The van der Waals surface area contributed by atoms with Gasteiger partial charge in [-0.2, -0.15) is 4.98 Å². The molecule has 0 unspecified atom stereocenters. The van der Waals surface area contributed by atoms with Crippen LogP contribution in [0.1, 0.15) is 37.7 Å². The van der Waals surface area contributed by atoms with Gasteiger partial charge in [0.25, 0.3) is 0 Å². The van der Waals surface area contributed by atoms with Crippen molar-refractivity contribution in [1.82, 2.24) is 9.97 Å². The highest BCUT2D eigenvalue weighted by molar-refractivity contribution is 5.67. The van der Waals surface area contributed by atoms with Crippen LogP contribution in [-0.2, 0) is 6.42 Å². The number of anilines is 3. The number of nitrogens with zero attached hydrogens (tertiary/aromatic N) is 3. The fourth-order valence-corrected chi connectivity index (χ4v) is 3.57. The topological polar surface area (TPSA) is 41.1 Å². The molecule has 1 N–H and O–H groups in total. The lowest BCUT2D eigenvalue weighted by Gasteiger charge is -2.24. The van der Waals surface area contributed by atoms with Crippen LogP contribution in [0.15, 0.2) is 36.5 Å². The van der Waals surface area contributed by atoms with Crippen LogP contribution in [-0.4, -0.2) is 22.6 Å². The molecule has 1 saturated carbocycles. The van der Waals surface area contributed by atoms with Gasteiger partial charge >= 0.3 is 0 Å². The number of nitrogens with one attached hydrogen (secondary N) is 1. The van der Waals surface area contributed by atoms with E-state index in [1.165, 1.54) is 43.4 Å². The summed E-state index contributed by atoms with van der Waals surface area (Å²) >= 11 is 0. The third-order valence-electron chi connectivity index (χ3n) is 4.74. The van der Waals surface area contributed by atoms with E-state index in [1.807, 2.05) is 12.3 Å². The largest absolute Gasteiger partial charge is 0.351 e. The lowest BCUT2D eigenvalue weighted by atomic mass is 9.96. The third-order valence-corrected chi connectivity index (χ3v) is 4.74. The zero-order valence-electron chi connectivity index (χ0n) is 12.8. The first-order chi connectivity index (χ1) is 10.9. The van der Waals surface area contributed by atoms with E-state index in [0.29, 0.717) is 6.04 Å². The van der Waals surface area contributed by atoms with Crippen LogP contribution in [0.2, 0.25) is 0 Å². The smallest absolute Gasteiger partial charge is 0.224 e. The first-order valence-corrected chi connectivity index (χ1v) is 8.35. The second kappa shape index (κ2) is 5.95. The van der Waals surface area contributed by atoms with Crippen LogP contribution in [0, 0.1) is 0 Å². The molecule has 22 heavy (non-hydrogen) atoms. The molecule has 1 aromatic heterocycles. The minimum atomic E-state index is 0.537. The van der Waals surface area contributed by atoms with E-state index in [0.717, 1.165) is 24.7 Å². The van der Waals surface area contributed by atoms with Gasteiger partial charge in [-0.05, 0) is 37.0 Å². The molecule has 4 rings (SSSR count). The summed E-state index contributed by atoms with van der Waals surface area (Å²) in [5.41, 5.74) is 2.69. The van der Waals surface area contributed by atoms with E-state index in [9.17, 15) is 0 Å². The average molecular weight is 294 g/mol. The molecule has 0 spiro atoms. The van der Waals surface area contributed by atoms with Gasteiger partial charge in [0.2, 0.25) is 5.95 Å². The molecule has 4 heteroatoms. The van der Waals surface area contributed by atoms with Crippen molar-refractivity contribution in [2.75, 3.05) is 16.8 Å². The Kier molecular flexibility index (Phi) is 3.67. The molecule has 1 aromatic carbocycles. The predicted octanol–water partition coefficient (Wildman–Crippen LogP) is 3.92. The van der Waals surface area contributed by atoms with Gasteiger partial charge in [0.05, 0.1) is 0 Å². The number of hydrogen-bond acceptors (Lipinski definition) is 4. The zero-order chi connectivity index (χ0) is 14.8. The Bertz CT molecular complexity index is 649. The van der Waals surface area contributed by atoms with Crippen molar-refractivity contribution in [3.8, 4) is 0 Å². The van der Waals surface area contributed by atoms with E-state index in [4.69, 9.17) is 4.98 Å². The summed E-state index contributed by atoms with van der Waals surface area (Å²) in [4.78, 5) is 11.5. The summed E-state index contributed by atoms with van der Waals surface area (Å²) in [7, 11) is 0. The Hall–Kier alpha value is -2.10. The Balaban J connectivity index is 1.55. The molecule has 1 aliphatic heterocycles. The fraction of sp³-hybridized carbons (Fsp3) is 0.444.